The highest BCUT2D eigenvalue weighted by Crippen LogP contribution is 2.35. The third-order valence-corrected chi connectivity index (χ3v) is 6.34. The monoisotopic (exact) mass is 435 g/mol. The Labute approximate surface area is 186 Å². The van der Waals surface area contributed by atoms with Crippen molar-refractivity contribution in [3.05, 3.63) is 58.0 Å². The molecule has 0 aliphatic heterocycles. The van der Waals surface area contributed by atoms with Crippen molar-refractivity contribution in [2.45, 2.75) is 27.7 Å². The highest BCUT2D eigenvalue weighted by molar-refractivity contribution is 7.18. The van der Waals surface area contributed by atoms with E-state index < -0.39 is 0 Å². The lowest BCUT2D eigenvalue weighted by molar-refractivity contribution is 0.0777. The van der Waals surface area contributed by atoms with Gasteiger partial charge in [0, 0.05) is 13.1 Å². The maximum absolute atomic E-state index is 13.3. The molecule has 1 heterocycles. The van der Waals surface area contributed by atoms with Gasteiger partial charge in [0.15, 0.2) is 0 Å². The average Bonchev–Trinajstić information content (AvgIpc) is 3.09. The lowest BCUT2D eigenvalue weighted by Gasteiger charge is -2.17. The van der Waals surface area contributed by atoms with Gasteiger partial charge in [-0.15, -0.1) is 11.3 Å². The number of rotatable bonds is 7. The Morgan fingerprint density at radius 1 is 1.13 bits per heavy atom. The van der Waals surface area contributed by atoms with E-state index in [1.807, 2.05) is 51.1 Å². The third-order valence-electron chi connectivity index (χ3n) is 5.15. The van der Waals surface area contributed by atoms with Crippen LogP contribution in [0.2, 0.25) is 0 Å². The molecule has 31 heavy (non-hydrogen) atoms. The van der Waals surface area contributed by atoms with Crippen molar-refractivity contribution in [2.24, 2.45) is 0 Å². The molecule has 1 N–H and O–H groups in total. The van der Waals surface area contributed by atoms with Crippen LogP contribution in [0.4, 0.5) is 5.00 Å². The van der Waals surface area contributed by atoms with E-state index in [2.05, 4.69) is 11.4 Å². The first-order chi connectivity index (χ1) is 15.0. The van der Waals surface area contributed by atoms with E-state index >= 15 is 0 Å². The van der Waals surface area contributed by atoms with Gasteiger partial charge >= 0.3 is 0 Å². The van der Waals surface area contributed by atoms with Crippen molar-refractivity contribution in [3.63, 3.8) is 0 Å². The summed E-state index contributed by atoms with van der Waals surface area (Å²) in [6.45, 7) is 8.99. The van der Waals surface area contributed by atoms with E-state index in [1.54, 1.807) is 17.9 Å². The van der Waals surface area contributed by atoms with E-state index in [9.17, 15) is 14.9 Å². The van der Waals surface area contributed by atoms with Crippen molar-refractivity contribution in [2.75, 3.05) is 25.0 Å². The second-order valence-corrected chi connectivity index (χ2v) is 7.92. The van der Waals surface area contributed by atoms with Crippen LogP contribution in [0.15, 0.2) is 36.4 Å². The summed E-state index contributed by atoms with van der Waals surface area (Å²) in [5, 5.41) is 14.6. The van der Waals surface area contributed by atoms with Crippen LogP contribution in [-0.4, -0.2) is 36.4 Å². The van der Waals surface area contributed by atoms with Crippen molar-refractivity contribution < 1.29 is 14.3 Å². The summed E-state index contributed by atoms with van der Waals surface area (Å²) in [5.41, 5.74) is 1.31. The number of hydrogen-bond acceptors (Lipinski definition) is 5. The fourth-order valence-corrected chi connectivity index (χ4v) is 4.64. The average molecular weight is 436 g/mol. The van der Waals surface area contributed by atoms with Crippen LogP contribution in [0.5, 0.6) is 5.75 Å². The number of hydrogen-bond donors (Lipinski definition) is 1. The fourth-order valence-electron chi connectivity index (χ4n) is 3.52. The lowest BCUT2D eigenvalue weighted by Crippen LogP contribution is -2.30. The van der Waals surface area contributed by atoms with Gasteiger partial charge in [-0.1, -0.05) is 30.3 Å². The van der Waals surface area contributed by atoms with Crippen LogP contribution in [0.3, 0.4) is 0 Å². The number of fused-ring (bicyclic) bond motifs is 1. The summed E-state index contributed by atoms with van der Waals surface area (Å²) in [7, 11) is 0. The van der Waals surface area contributed by atoms with E-state index in [0.29, 0.717) is 52.0 Å². The highest BCUT2D eigenvalue weighted by Gasteiger charge is 2.25. The molecule has 1 aromatic heterocycles. The Balaban J connectivity index is 2.05. The summed E-state index contributed by atoms with van der Waals surface area (Å²) < 4.78 is 5.71. The molecule has 0 aliphatic rings. The molecule has 3 aromatic rings. The molecule has 0 spiro atoms. The summed E-state index contributed by atoms with van der Waals surface area (Å²) in [6.07, 6.45) is 0. The number of benzene rings is 2. The largest absolute Gasteiger partial charge is 0.493 e. The van der Waals surface area contributed by atoms with Crippen LogP contribution in [-0.2, 0) is 0 Å². The van der Waals surface area contributed by atoms with Gasteiger partial charge in [0.05, 0.1) is 22.6 Å². The van der Waals surface area contributed by atoms with E-state index in [4.69, 9.17) is 4.74 Å². The van der Waals surface area contributed by atoms with Gasteiger partial charge in [-0.2, -0.15) is 5.26 Å². The van der Waals surface area contributed by atoms with E-state index in [1.165, 1.54) is 0 Å². The van der Waals surface area contributed by atoms with Gasteiger partial charge in [-0.3, -0.25) is 9.59 Å². The Morgan fingerprint density at radius 3 is 2.48 bits per heavy atom. The number of amides is 2. The van der Waals surface area contributed by atoms with Crippen molar-refractivity contribution in [3.8, 4) is 11.8 Å². The second-order valence-electron chi connectivity index (χ2n) is 6.90. The first kappa shape index (κ1) is 22.3. The van der Waals surface area contributed by atoms with E-state index in [-0.39, 0.29) is 11.8 Å². The topological polar surface area (TPSA) is 82.4 Å². The molecule has 160 valence electrons. The molecule has 2 aromatic carbocycles. The summed E-state index contributed by atoms with van der Waals surface area (Å²) in [6, 6.07) is 13.4. The first-order valence-electron chi connectivity index (χ1n) is 10.2. The molecule has 0 saturated carbocycles. The van der Waals surface area contributed by atoms with Crippen LogP contribution in [0, 0.1) is 18.3 Å². The number of anilines is 1. The molecule has 0 radical (unpaired) electrons. The number of nitrogens with zero attached hydrogens (tertiary/aromatic N) is 2. The number of nitriles is 1. The molecule has 0 aliphatic carbocycles. The Morgan fingerprint density at radius 2 is 1.84 bits per heavy atom. The quantitative estimate of drug-likeness (QED) is 0.552. The molecule has 3 rings (SSSR count). The zero-order chi connectivity index (χ0) is 22.5. The summed E-state index contributed by atoms with van der Waals surface area (Å²) in [4.78, 5) is 28.4. The lowest BCUT2D eigenvalue weighted by atomic mass is 10.0. The third kappa shape index (κ3) is 4.25. The summed E-state index contributed by atoms with van der Waals surface area (Å²) in [5.74, 6) is -0.0329. The van der Waals surface area contributed by atoms with Crippen molar-refractivity contribution in [1.29, 1.82) is 5.26 Å². The molecule has 0 saturated heterocycles. The number of carbonyl (C=O) groups is 2. The molecule has 0 unspecified atom stereocenters. The van der Waals surface area contributed by atoms with Gasteiger partial charge in [0.1, 0.15) is 16.8 Å². The molecule has 7 heteroatoms. The van der Waals surface area contributed by atoms with Gasteiger partial charge < -0.3 is 15.0 Å². The van der Waals surface area contributed by atoms with E-state index in [0.717, 1.165) is 22.1 Å². The molecule has 0 bridgehead atoms. The summed E-state index contributed by atoms with van der Waals surface area (Å²) >= 11 is 1.14. The van der Waals surface area contributed by atoms with Crippen molar-refractivity contribution >= 4 is 38.9 Å². The molecule has 0 fully saturated rings. The molecule has 6 nitrogen and oxygen atoms in total. The number of thiophene rings is 1. The minimum Gasteiger partial charge on any atom is -0.493 e. The maximum atomic E-state index is 13.3. The zero-order valence-electron chi connectivity index (χ0n) is 18.1. The number of carbonyl (C=O) groups excluding carboxylic acids is 2. The van der Waals surface area contributed by atoms with Gasteiger partial charge in [0.25, 0.3) is 11.8 Å². The molecular weight excluding hydrogens is 410 g/mol. The Kier molecular flexibility index (Phi) is 6.93. The predicted octanol–water partition coefficient (Wildman–Crippen LogP) is 5.21. The first-order valence-corrected chi connectivity index (χ1v) is 11.1. The SMILES string of the molecule is CCOc1ccc2ccccc2c1C(=O)Nc1sc(C(=O)N(CC)CC)c(C)c1C#N. The second kappa shape index (κ2) is 9.63. The fraction of sp³-hybridized carbons (Fsp3) is 0.292. The van der Waals surface area contributed by atoms with Gasteiger partial charge in [-0.25, -0.2) is 0 Å². The molecular formula is C24H25N3O3S. The van der Waals surface area contributed by atoms with Crippen LogP contribution in [0.25, 0.3) is 10.8 Å². The smallest absolute Gasteiger partial charge is 0.264 e. The molecule has 2 amide bonds. The standard InChI is InChI=1S/C24H25N3O3S/c1-5-27(6-2)24(29)21-15(4)18(14-25)23(31-21)26-22(28)20-17-11-9-8-10-16(17)12-13-19(20)30-7-3/h8-13H,5-7H2,1-4H3,(H,26,28). The minimum absolute atomic E-state index is 0.135. The van der Waals surface area contributed by atoms with Gasteiger partial charge in [-0.05, 0) is 50.1 Å². The van der Waals surface area contributed by atoms with Crippen molar-refractivity contribution in [1.82, 2.24) is 4.90 Å². The highest BCUT2D eigenvalue weighted by atomic mass is 32.1. The Bertz CT molecular complexity index is 1170. The minimum atomic E-state index is -0.375. The Hall–Kier alpha value is -3.37. The van der Waals surface area contributed by atoms with Gasteiger partial charge in [0.2, 0.25) is 0 Å². The predicted molar refractivity (Wildman–Crippen MR) is 124 cm³/mol. The zero-order valence-corrected chi connectivity index (χ0v) is 18.9. The number of ether oxygens (including phenoxy) is 1. The van der Waals surface area contributed by atoms with Crippen LogP contribution in [0.1, 0.15) is 51.9 Å². The number of nitrogens with one attached hydrogen (secondary N) is 1. The maximum Gasteiger partial charge on any atom is 0.264 e. The molecule has 0 atom stereocenters. The normalized spacial score (nSPS) is 10.5. The van der Waals surface area contributed by atoms with Crippen LogP contribution < -0.4 is 10.1 Å². The van der Waals surface area contributed by atoms with Crippen LogP contribution >= 0.6 is 11.3 Å².